The van der Waals surface area contributed by atoms with E-state index in [4.69, 9.17) is 5.73 Å². The Balaban J connectivity index is 2.66. The molecule has 0 bridgehead atoms. The van der Waals surface area contributed by atoms with Crippen molar-refractivity contribution < 1.29 is 13.2 Å². The normalized spacial score (nSPS) is 11.9. The van der Waals surface area contributed by atoms with E-state index >= 15 is 0 Å². The van der Waals surface area contributed by atoms with Crippen molar-refractivity contribution >= 4 is 0 Å². The highest BCUT2D eigenvalue weighted by Gasteiger charge is 2.38. The number of halogens is 3. The fraction of sp³-hybridized carbons (Fsp3) is 0.308. The summed E-state index contributed by atoms with van der Waals surface area (Å²) in [6, 6.07) is 5.21. The molecule has 2 N–H and O–H groups in total. The van der Waals surface area contributed by atoms with Gasteiger partial charge >= 0.3 is 6.18 Å². The molecule has 0 spiro atoms. The highest BCUT2D eigenvalue weighted by atomic mass is 19.4. The molecule has 0 saturated heterocycles. The standard InChI is InChI=1S/C13H14F3N3/c1-8-3-4-11(9(2)5-8)19-12(13(14,15)16)10(6-17)7-18-19/h3-5,7H,6,17H2,1-2H3. The molecular weight excluding hydrogens is 255 g/mol. The molecule has 1 aromatic carbocycles. The van der Waals surface area contributed by atoms with Gasteiger partial charge in [0.2, 0.25) is 0 Å². The molecule has 0 aliphatic rings. The van der Waals surface area contributed by atoms with Crippen molar-refractivity contribution in [2.24, 2.45) is 5.73 Å². The number of hydrogen-bond donors (Lipinski definition) is 1. The van der Waals surface area contributed by atoms with Crippen LogP contribution in [0.2, 0.25) is 0 Å². The van der Waals surface area contributed by atoms with Crippen LogP contribution in [0, 0.1) is 13.8 Å². The minimum absolute atomic E-state index is 0.00697. The van der Waals surface area contributed by atoms with E-state index in [1.807, 2.05) is 13.0 Å². The van der Waals surface area contributed by atoms with Crippen LogP contribution < -0.4 is 5.73 Å². The molecule has 1 aromatic heterocycles. The SMILES string of the molecule is Cc1ccc(-n2ncc(CN)c2C(F)(F)F)c(C)c1. The summed E-state index contributed by atoms with van der Waals surface area (Å²) in [6.45, 7) is 3.45. The Kier molecular flexibility index (Phi) is 3.36. The Morgan fingerprint density at radius 2 is 1.95 bits per heavy atom. The van der Waals surface area contributed by atoms with Crippen LogP contribution in [0.25, 0.3) is 5.69 Å². The Morgan fingerprint density at radius 1 is 1.26 bits per heavy atom. The van der Waals surface area contributed by atoms with Crippen LogP contribution in [0.1, 0.15) is 22.4 Å². The zero-order chi connectivity index (χ0) is 14.2. The quantitative estimate of drug-likeness (QED) is 0.910. The van der Waals surface area contributed by atoms with Gasteiger partial charge in [-0.1, -0.05) is 17.7 Å². The first-order chi connectivity index (χ1) is 8.84. The van der Waals surface area contributed by atoms with E-state index in [1.54, 1.807) is 19.1 Å². The zero-order valence-electron chi connectivity index (χ0n) is 10.6. The molecule has 0 unspecified atom stereocenters. The molecule has 0 radical (unpaired) electrons. The second kappa shape index (κ2) is 4.70. The second-order valence-corrected chi connectivity index (χ2v) is 4.42. The first-order valence-corrected chi connectivity index (χ1v) is 5.76. The summed E-state index contributed by atoms with van der Waals surface area (Å²) < 4.78 is 40.2. The van der Waals surface area contributed by atoms with Gasteiger partial charge in [-0.3, -0.25) is 0 Å². The van der Waals surface area contributed by atoms with E-state index in [9.17, 15) is 13.2 Å². The molecule has 3 nitrogen and oxygen atoms in total. The largest absolute Gasteiger partial charge is 0.433 e. The molecule has 102 valence electrons. The number of hydrogen-bond acceptors (Lipinski definition) is 2. The van der Waals surface area contributed by atoms with E-state index in [2.05, 4.69) is 5.10 Å². The van der Waals surface area contributed by atoms with Gasteiger partial charge in [0.25, 0.3) is 0 Å². The number of alkyl halides is 3. The van der Waals surface area contributed by atoms with E-state index in [-0.39, 0.29) is 12.1 Å². The van der Waals surface area contributed by atoms with Gasteiger partial charge in [0, 0.05) is 12.1 Å². The van der Waals surface area contributed by atoms with Gasteiger partial charge in [-0.05, 0) is 25.5 Å². The maximum atomic E-state index is 13.1. The molecule has 0 fully saturated rings. The van der Waals surface area contributed by atoms with E-state index < -0.39 is 11.9 Å². The average Bonchev–Trinajstić information content (AvgIpc) is 2.72. The van der Waals surface area contributed by atoms with Crippen molar-refractivity contribution in [3.05, 3.63) is 46.8 Å². The van der Waals surface area contributed by atoms with Crippen LogP contribution in [0.15, 0.2) is 24.4 Å². The third kappa shape index (κ3) is 2.49. The fourth-order valence-electron chi connectivity index (χ4n) is 2.06. The first-order valence-electron chi connectivity index (χ1n) is 5.76. The van der Waals surface area contributed by atoms with E-state index in [1.165, 1.54) is 6.20 Å². The number of aromatic nitrogens is 2. The van der Waals surface area contributed by atoms with Gasteiger partial charge in [0.15, 0.2) is 5.69 Å². The summed E-state index contributed by atoms with van der Waals surface area (Å²) in [7, 11) is 0. The monoisotopic (exact) mass is 269 g/mol. The van der Waals surface area contributed by atoms with Crippen LogP contribution in [0.3, 0.4) is 0 Å². The number of nitrogens with two attached hydrogens (primary N) is 1. The van der Waals surface area contributed by atoms with Crippen LogP contribution >= 0.6 is 0 Å². The lowest BCUT2D eigenvalue weighted by Gasteiger charge is -2.14. The van der Waals surface area contributed by atoms with Gasteiger partial charge in [0.1, 0.15) is 0 Å². The lowest BCUT2D eigenvalue weighted by molar-refractivity contribution is -0.143. The highest BCUT2D eigenvalue weighted by Crippen LogP contribution is 2.34. The van der Waals surface area contributed by atoms with E-state index in [0.29, 0.717) is 5.69 Å². The number of rotatable bonds is 2. The predicted octanol–water partition coefficient (Wildman–Crippen LogP) is 2.97. The van der Waals surface area contributed by atoms with Crippen LogP contribution in [-0.2, 0) is 12.7 Å². The smallest absolute Gasteiger partial charge is 0.326 e. The van der Waals surface area contributed by atoms with Crippen molar-refractivity contribution in [3.8, 4) is 5.69 Å². The first kappa shape index (κ1) is 13.6. The molecule has 0 saturated carbocycles. The number of nitrogens with zero attached hydrogens (tertiary/aromatic N) is 2. The van der Waals surface area contributed by atoms with Crippen LogP contribution in [0.4, 0.5) is 13.2 Å². The van der Waals surface area contributed by atoms with Crippen molar-refractivity contribution in [2.45, 2.75) is 26.6 Å². The predicted molar refractivity (Wildman–Crippen MR) is 65.9 cm³/mol. The summed E-state index contributed by atoms with van der Waals surface area (Å²) in [4.78, 5) is 0. The molecule has 0 aliphatic carbocycles. The lowest BCUT2D eigenvalue weighted by Crippen LogP contribution is -2.17. The summed E-state index contributed by atoms with van der Waals surface area (Å²) in [6.07, 6.45) is -3.31. The molecular formula is C13H14F3N3. The molecule has 0 aliphatic heterocycles. The van der Waals surface area contributed by atoms with Gasteiger partial charge < -0.3 is 5.73 Å². The van der Waals surface area contributed by atoms with Crippen molar-refractivity contribution in [1.82, 2.24) is 9.78 Å². The van der Waals surface area contributed by atoms with Gasteiger partial charge in [-0.25, -0.2) is 4.68 Å². The highest BCUT2D eigenvalue weighted by molar-refractivity contribution is 5.44. The minimum Gasteiger partial charge on any atom is -0.326 e. The molecule has 19 heavy (non-hydrogen) atoms. The Morgan fingerprint density at radius 3 is 2.47 bits per heavy atom. The summed E-state index contributed by atoms with van der Waals surface area (Å²) in [5.74, 6) is 0. The number of benzene rings is 1. The van der Waals surface area contributed by atoms with Crippen LogP contribution in [-0.4, -0.2) is 9.78 Å². The van der Waals surface area contributed by atoms with Crippen LogP contribution in [0.5, 0.6) is 0 Å². The van der Waals surface area contributed by atoms with Gasteiger partial charge in [0.05, 0.1) is 11.9 Å². The van der Waals surface area contributed by atoms with Crippen molar-refractivity contribution in [2.75, 3.05) is 0 Å². The molecule has 0 atom stereocenters. The Labute approximate surface area is 108 Å². The van der Waals surface area contributed by atoms with Crippen molar-refractivity contribution in [1.29, 1.82) is 0 Å². The van der Waals surface area contributed by atoms with E-state index in [0.717, 1.165) is 15.8 Å². The molecule has 6 heteroatoms. The fourth-order valence-corrected chi connectivity index (χ4v) is 2.06. The third-order valence-electron chi connectivity index (χ3n) is 2.91. The van der Waals surface area contributed by atoms with Gasteiger partial charge in [-0.2, -0.15) is 18.3 Å². The maximum Gasteiger partial charge on any atom is 0.433 e. The minimum atomic E-state index is -4.48. The summed E-state index contributed by atoms with van der Waals surface area (Å²) >= 11 is 0. The molecule has 0 amide bonds. The van der Waals surface area contributed by atoms with Gasteiger partial charge in [-0.15, -0.1) is 0 Å². The topological polar surface area (TPSA) is 43.8 Å². The number of aryl methyl sites for hydroxylation is 2. The Hall–Kier alpha value is -1.82. The van der Waals surface area contributed by atoms with Crippen molar-refractivity contribution in [3.63, 3.8) is 0 Å². The molecule has 1 heterocycles. The maximum absolute atomic E-state index is 13.1. The average molecular weight is 269 g/mol. The second-order valence-electron chi connectivity index (χ2n) is 4.42. The Bertz CT molecular complexity index is 600. The molecule has 2 aromatic rings. The summed E-state index contributed by atoms with van der Waals surface area (Å²) in [5, 5.41) is 3.83. The third-order valence-corrected chi connectivity index (χ3v) is 2.91. The lowest BCUT2D eigenvalue weighted by atomic mass is 10.1. The zero-order valence-corrected chi connectivity index (χ0v) is 10.6. The summed E-state index contributed by atoms with van der Waals surface area (Å²) in [5.41, 5.74) is 6.67. The molecule has 2 rings (SSSR count).